The summed E-state index contributed by atoms with van der Waals surface area (Å²) in [6, 6.07) is 133. The lowest BCUT2D eigenvalue weighted by atomic mass is 9.87. The van der Waals surface area contributed by atoms with Crippen LogP contribution in [0.5, 0.6) is 0 Å². The molecule has 0 aliphatic heterocycles. The first-order chi connectivity index (χ1) is 69.3. The molecule has 696 valence electrons. The fraction of sp³-hybridized carbons (Fsp3) is 0.176. The summed E-state index contributed by atoms with van der Waals surface area (Å²) in [6.45, 7) is 40.4. The Labute approximate surface area is 842 Å². The first-order valence-electron chi connectivity index (χ1n) is 51.6. The smallest absolute Gasteiger partial charge is 0.206 e. The van der Waals surface area contributed by atoms with Gasteiger partial charge in [-0.3, -0.25) is 0 Å². The van der Waals surface area contributed by atoms with Gasteiger partial charge in [0.1, 0.15) is 67.7 Å². The lowest BCUT2D eigenvalue weighted by molar-refractivity contribution is -0.665. The maximum Gasteiger partial charge on any atom is 0.220 e. The molecular formula is C131H133FN4Si4+4. The standard InChI is InChI=1S/C34H36NSi.C33H34NSi.C32H31FNSi.C32H32NSi/c1-24(2)32-22-28(26-13-9-7-10-14-26)23-33(25(32)3)34-31-18-17-30(21-27(31)19-20-35(34)4)36(5,6)29-15-11-8-12-16-29;1-23-19-27(26-13-9-7-10-14-26)22-32(25(23)3)33-31-18-17-30(21-28(31)20-24(2)34(33)4)35(5,6)29-15-11-8-12-16-29;1-22-18-31(33)30(24-12-8-6-9-13-24)21-29(22)32-28-17-16-27(20-25(28)19-23(2)34(32)3)35(4,5)26-14-10-7-11-15-26;1-23-20-26(25-12-8-6-9-13-25)16-18-30(23)32-31-19-17-29(22-27(31)21-24(2)33(32)3)34(4,5)28-14-10-7-11-15-28/h7-24H,1-6H3;7-22H,1-6H3;6-21H,1-5H3;6-22H,1-5H3/q4*+1/i19D,20D;20D;19D;21D. The van der Waals surface area contributed by atoms with E-state index in [2.05, 4.69) is 457 Å². The zero-order chi connectivity index (χ0) is 103. The summed E-state index contributed by atoms with van der Waals surface area (Å²) in [7, 11) is 0.463. The third kappa shape index (κ3) is 19.8. The van der Waals surface area contributed by atoms with Gasteiger partial charge in [0, 0.05) is 56.1 Å². The van der Waals surface area contributed by atoms with Crippen LogP contribution in [0.4, 0.5) is 4.39 Å². The highest BCUT2D eigenvalue weighted by atomic mass is 28.3. The summed E-state index contributed by atoms with van der Waals surface area (Å²) in [5, 5.41) is 19.1. The molecule has 4 nitrogen and oxygen atoms in total. The zero-order valence-electron chi connectivity index (χ0n) is 90.5. The number of nitrogens with zero attached hydrogens (tertiary/aromatic N) is 4. The van der Waals surface area contributed by atoms with Crippen LogP contribution in [0.25, 0.3) is 133 Å². The third-order valence-corrected chi connectivity index (χ3v) is 44.0. The van der Waals surface area contributed by atoms with Crippen LogP contribution < -0.4 is 59.8 Å². The Morgan fingerprint density at radius 2 is 0.557 bits per heavy atom. The molecule has 0 saturated heterocycles. The van der Waals surface area contributed by atoms with Gasteiger partial charge in [0.15, 0.2) is 23.3 Å². The fourth-order valence-corrected chi connectivity index (χ4v) is 29.9. The van der Waals surface area contributed by atoms with E-state index in [1.165, 1.54) is 125 Å². The van der Waals surface area contributed by atoms with Gasteiger partial charge in [-0.25, -0.2) is 8.96 Å². The molecule has 0 amide bonds. The lowest BCUT2D eigenvalue weighted by Gasteiger charge is -2.24. The second kappa shape index (κ2) is 40.8. The molecule has 9 heteroatoms. The van der Waals surface area contributed by atoms with Crippen LogP contribution in [0.1, 0.15) is 77.1 Å². The molecule has 0 spiro atoms. The van der Waals surface area contributed by atoms with Crippen molar-refractivity contribution in [3.63, 3.8) is 0 Å². The van der Waals surface area contributed by atoms with E-state index in [0.29, 0.717) is 29.6 Å². The molecule has 4 heterocycles. The summed E-state index contributed by atoms with van der Waals surface area (Å²) < 4.78 is 68.4. The number of pyridine rings is 4. The molecule has 0 aliphatic rings. The molecule has 0 radical (unpaired) electrons. The highest BCUT2D eigenvalue weighted by Crippen LogP contribution is 2.41. The van der Waals surface area contributed by atoms with Crippen molar-refractivity contribution in [3.8, 4) is 89.5 Å². The largest absolute Gasteiger partial charge is 0.220 e. The molecule has 140 heavy (non-hydrogen) atoms. The maximum absolute atomic E-state index is 15.1. The van der Waals surface area contributed by atoms with Gasteiger partial charge in [-0.15, -0.1) is 0 Å². The summed E-state index contributed by atoms with van der Waals surface area (Å²) >= 11 is 0. The highest BCUT2D eigenvalue weighted by molar-refractivity contribution is 7.02. The van der Waals surface area contributed by atoms with Gasteiger partial charge >= 0.3 is 0 Å². The quantitative estimate of drug-likeness (QED) is 0.0638. The van der Waals surface area contributed by atoms with Gasteiger partial charge in [-0.05, 0) is 189 Å². The van der Waals surface area contributed by atoms with Crippen LogP contribution in [-0.2, 0) is 28.2 Å². The molecule has 0 unspecified atom stereocenters. The molecule has 20 aromatic rings. The summed E-state index contributed by atoms with van der Waals surface area (Å²) in [6.07, 6.45) is 0.236. The molecule has 0 bridgehead atoms. The van der Waals surface area contributed by atoms with E-state index in [1.807, 2.05) is 75.0 Å². The van der Waals surface area contributed by atoms with E-state index in [9.17, 15) is 0 Å². The second-order valence-corrected chi connectivity index (χ2v) is 58.1. The average Bonchev–Trinajstić information content (AvgIpc) is 0.768. The third-order valence-electron chi connectivity index (χ3n) is 29.8. The summed E-state index contributed by atoms with van der Waals surface area (Å²) in [5.74, 6) is 0.144. The van der Waals surface area contributed by atoms with Crippen molar-refractivity contribution in [2.75, 3.05) is 0 Å². The van der Waals surface area contributed by atoms with E-state index in [0.717, 1.165) is 93.8 Å². The van der Waals surface area contributed by atoms with Gasteiger partial charge < -0.3 is 0 Å². The Bertz CT molecular complexity index is 8320. The van der Waals surface area contributed by atoms with Gasteiger partial charge in [0.05, 0.1) is 43.7 Å². The molecule has 0 atom stereocenters. The first kappa shape index (κ1) is 91.1. The molecular weight excluding hydrogens is 1760 g/mol. The lowest BCUT2D eigenvalue weighted by Crippen LogP contribution is -2.52. The molecule has 16 aromatic carbocycles. The van der Waals surface area contributed by atoms with E-state index in [4.69, 9.17) is 6.85 Å². The van der Waals surface area contributed by atoms with E-state index in [1.54, 1.807) is 6.07 Å². The van der Waals surface area contributed by atoms with Crippen LogP contribution in [-0.4, -0.2) is 32.3 Å². The monoisotopic (exact) mass is 1900 g/mol. The normalized spacial score (nSPS) is 12.2. The average molecular weight is 1900 g/mol. The number of benzene rings is 16. The van der Waals surface area contributed by atoms with E-state index < -0.39 is 32.3 Å². The second-order valence-electron chi connectivity index (χ2n) is 40.5. The van der Waals surface area contributed by atoms with Crippen LogP contribution in [0.15, 0.2) is 400 Å². The van der Waals surface area contributed by atoms with Crippen molar-refractivity contribution in [1.29, 1.82) is 0 Å². The van der Waals surface area contributed by atoms with Crippen LogP contribution in [0, 0.1) is 61.2 Å². The van der Waals surface area contributed by atoms with Crippen LogP contribution >= 0.6 is 0 Å². The molecule has 0 aliphatic carbocycles. The topological polar surface area (TPSA) is 15.5 Å². The Morgan fingerprint density at radius 3 is 0.929 bits per heavy atom. The van der Waals surface area contributed by atoms with Crippen molar-refractivity contribution in [2.24, 2.45) is 28.2 Å². The molecule has 0 N–H and O–H groups in total. The van der Waals surface area contributed by atoms with Gasteiger partial charge in [-0.2, -0.15) is 13.7 Å². The molecule has 0 saturated carbocycles. The summed E-state index contributed by atoms with van der Waals surface area (Å²) in [5.41, 5.74) is 27.7. The number of aromatic nitrogens is 4. The minimum absolute atomic E-state index is 0.221. The van der Waals surface area contributed by atoms with Gasteiger partial charge in [0.2, 0.25) is 22.8 Å². The summed E-state index contributed by atoms with van der Waals surface area (Å²) in [4.78, 5) is 0. The molecule has 0 fully saturated rings. The number of hydrogen-bond donors (Lipinski definition) is 0. The minimum Gasteiger partial charge on any atom is -0.206 e. The van der Waals surface area contributed by atoms with Crippen molar-refractivity contribution >= 4 is 117 Å². The predicted molar refractivity (Wildman–Crippen MR) is 609 cm³/mol. The zero-order valence-corrected chi connectivity index (χ0v) is 89.5. The van der Waals surface area contributed by atoms with Crippen molar-refractivity contribution < 1.29 is 29.5 Å². The Balaban J connectivity index is 0.000000132. The van der Waals surface area contributed by atoms with Crippen LogP contribution in [0.2, 0.25) is 52.4 Å². The van der Waals surface area contributed by atoms with Crippen LogP contribution in [0.3, 0.4) is 0 Å². The Kier molecular flexibility index (Phi) is 26.5. The number of halogens is 1. The minimum atomic E-state index is -1.96. The molecule has 20 rings (SSSR count). The fourth-order valence-electron chi connectivity index (χ4n) is 20.4. The maximum atomic E-state index is 15.1. The number of hydrogen-bond acceptors (Lipinski definition) is 0. The van der Waals surface area contributed by atoms with Gasteiger partial charge in [0.25, 0.3) is 0 Å². The number of rotatable bonds is 17. The first-order valence-corrected chi connectivity index (χ1v) is 61.1. The van der Waals surface area contributed by atoms with E-state index >= 15 is 4.39 Å². The number of fused-ring (bicyclic) bond motifs is 4. The Hall–Kier alpha value is -14.0. The molecule has 4 aromatic heterocycles. The Morgan fingerprint density at radius 1 is 0.250 bits per heavy atom. The van der Waals surface area contributed by atoms with Gasteiger partial charge in [-0.1, -0.05) is 423 Å². The van der Waals surface area contributed by atoms with Crippen molar-refractivity contribution in [1.82, 2.24) is 0 Å². The van der Waals surface area contributed by atoms with Crippen molar-refractivity contribution in [2.45, 2.75) is 128 Å². The SMILES string of the molecule is [2H]c1c(C)[n+](C)c(-c2cc(-c3ccccc3)c(F)cc2C)c2ccc([Si](C)(C)c3ccccc3)cc12.[2H]c1c(C)[n+](C)c(-c2cc(-c3ccccc3)cc(C)c2C)c2ccc([Si](C)(C)c3ccccc3)cc12.[2H]c1c(C)[n+](C)c(-c2ccc(-c3ccccc3)cc2C)c2ccc([Si](C)(C)c3ccccc3)cc12.[2H]c1c([2H])[n+](C)c(-c2cc(-c3ccccc3)cc(C(C)C)c2C)c2ccc([Si](C)(C)c3ccccc3)cc12. The highest BCUT2D eigenvalue weighted by Gasteiger charge is 2.35. The van der Waals surface area contributed by atoms with Crippen molar-refractivity contribution in [3.05, 3.63) is 457 Å². The number of aryl methyl sites for hydroxylation is 3. The predicted octanol–water partition coefficient (Wildman–Crippen LogP) is 27.0. The van der Waals surface area contributed by atoms with E-state index in [-0.39, 0.29) is 18.0 Å².